The van der Waals surface area contributed by atoms with Crippen molar-refractivity contribution in [2.75, 3.05) is 0 Å². The van der Waals surface area contributed by atoms with Crippen molar-refractivity contribution < 1.29 is 23.5 Å². The van der Waals surface area contributed by atoms with Gasteiger partial charge in [-0.15, -0.1) is 0 Å². The van der Waals surface area contributed by atoms with E-state index in [1.54, 1.807) is 42.8 Å². The third-order valence-electron chi connectivity index (χ3n) is 3.90. The number of nitrogens with zero attached hydrogens (tertiary/aromatic N) is 2. The Morgan fingerprint density at radius 1 is 1.27 bits per heavy atom. The smallest absolute Gasteiger partial charge is 0.326 e. The van der Waals surface area contributed by atoms with E-state index in [0.29, 0.717) is 22.0 Å². The molecule has 140 valence electrons. The van der Waals surface area contributed by atoms with Crippen LogP contribution in [0.15, 0.2) is 24.3 Å². The number of carboxylic acid groups (broad SMARTS) is 1. The van der Waals surface area contributed by atoms with Crippen LogP contribution in [-0.4, -0.2) is 39.2 Å². The summed E-state index contributed by atoms with van der Waals surface area (Å²) in [6.07, 6.45) is -3.92. The standard InChI is InChI=1S/C17H18ClF2N3O3/c1-9-13(7-16(24)21-14(17(25)26)8-15(19)20)10(2)23(22-9)12-5-3-11(18)4-6-12/h3-6,14-15H,7-8H2,1-2H3,(H,21,24)(H,25,26). The van der Waals surface area contributed by atoms with Gasteiger partial charge in [0.25, 0.3) is 0 Å². The molecule has 0 aliphatic heterocycles. The zero-order valence-electron chi connectivity index (χ0n) is 14.2. The van der Waals surface area contributed by atoms with Gasteiger partial charge < -0.3 is 10.4 Å². The summed E-state index contributed by atoms with van der Waals surface area (Å²) in [6.45, 7) is 3.49. The van der Waals surface area contributed by atoms with Crippen molar-refractivity contribution in [3.63, 3.8) is 0 Å². The van der Waals surface area contributed by atoms with Crippen molar-refractivity contribution in [1.29, 1.82) is 0 Å². The van der Waals surface area contributed by atoms with Crippen LogP contribution in [0.3, 0.4) is 0 Å². The minimum absolute atomic E-state index is 0.154. The normalized spacial score (nSPS) is 12.2. The quantitative estimate of drug-likeness (QED) is 0.767. The summed E-state index contributed by atoms with van der Waals surface area (Å²) in [7, 11) is 0. The molecule has 6 nitrogen and oxygen atoms in total. The average molecular weight is 386 g/mol. The highest BCUT2D eigenvalue weighted by Gasteiger charge is 2.25. The van der Waals surface area contributed by atoms with E-state index in [1.807, 2.05) is 0 Å². The van der Waals surface area contributed by atoms with Crippen LogP contribution in [0.5, 0.6) is 0 Å². The highest BCUT2D eigenvalue weighted by molar-refractivity contribution is 6.30. The Hall–Kier alpha value is -2.48. The van der Waals surface area contributed by atoms with Crippen molar-refractivity contribution in [3.05, 3.63) is 46.2 Å². The first-order chi connectivity index (χ1) is 12.2. The summed E-state index contributed by atoms with van der Waals surface area (Å²) in [5.41, 5.74) is 2.65. The second-order valence-electron chi connectivity index (χ2n) is 5.80. The van der Waals surface area contributed by atoms with Gasteiger partial charge in [-0.05, 0) is 38.1 Å². The first-order valence-electron chi connectivity index (χ1n) is 7.80. The second kappa shape index (κ2) is 8.27. The fourth-order valence-corrected chi connectivity index (χ4v) is 2.70. The molecule has 0 fully saturated rings. The second-order valence-corrected chi connectivity index (χ2v) is 6.24. The zero-order chi connectivity index (χ0) is 19.4. The van der Waals surface area contributed by atoms with Crippen LogP contribution >= 0.6 is 11.6 Å². The molecule has 1 atom stereocenters. The number of halogens is 3. The van der Waals surface area contributed by atoms with E-state index < -0.39 is 30.8 Å². The van der Waals surface area contributed by atoms with Crippen molar-refractivity contribution >= 4 is 23.5 Å². The largest absolute Gasteiger partial charge is 0.480 e. The molecule has 0 spiro atoms. The molecule has 2 rings (SSSR count). The van der Waals surface area contributed by atoms with Crippen molar-refractivity contribution in [2.24, 2.45) is 0 Å². The summed E-state index contributed by atoms with van der Waals surface area (Å²) >= 11 is 5.87. The lowest BCUT2D eigenvalue weighted by molar-refractivity contribution is -0.142. The summed E-state index contributed by atoms with van der Waals surface area (Å²) in [5, 5.41) is 16.0. The molecule has 0 saturated carbocycles. The monoisotopic (exact) mass is 385 g/mol. The lowest BCUT2D eigenvalue weighted by atomic mass is 10.1. The maximum absolute atomic E-state index is 12.4. The van der Waals surface area contributed by atoms with Crippen LogP contribution in [0.4, 0.5) is 8.78 Å². The Bertz CT molecular complexity index is 806. The first kappa shape index (κ1) is 19.8. The molecule has 0 radical (unpaired) electrons. The van der Waals surface area contributed by atoms with Crippen LogP contribution < -0.4 is 5.32 Å². The number of hydrogen-bond acceptors (Lipinski definition) is 3. The van der Waals surface area contributed by atoms with Crippen LogP contribution in [0.1, 0.15) is 23.4 Å². The number of carboxylic acids is 1. The number of alkyl halides is 2. The van der Waals surface area contributed by atoms with E-state index in [-0.39, 0.29) is 6.42 Å². The molecular formula is C17H18ClF2N3O3. The molecular weight excluding hydrogens is 368 g/mol. The fourth-order valence-electron chi connectivity index (χ4n) is 2.57. The maximum Gasteiger partial charge on any atom is 0.326 e. The Morgan fingerprint density at radius 3 is 2.42 bits per heavy atom. The van der Waals surface area contributed by atoms with Gasteiger partial charge in [0.15, 0.2) is 0 Å². The highest BCUT2D eigenvalue weighted by Crippen LogP contribution is 2.20. The van der Waals surface area contributed by atoms with Gasteiger partial charge in [0.1, 0.15) is 6.04 Å². The lowest BCUT2D eigenvalue weighted by Crippen LogP contribution is -2.42. The van der Waals surface area contributed by atoms with Crippen molar-refractivity contribution in [1.82, 2.24) is 15.1 Å². The van der Waals surface area contributed by atoms with Gasteiger partial charge in [0.05, 0.1) is 17.8 Å². The van der Waals surface area contributed by atoms with Crippen LogP contribution in [0.25, 0.3) is 5.69 Å². The third kappa shape index (κ3) is 4.78. The SMILES string of the molecule is Cc1nn(-c2ccc(Cl)cc2)c(C)c1CC(=O)NC(CC(F)F)C(=O)O. The first-order valence-corrected chi connectivity index (χ1v) is 8.18. The van der Waals surface area contributed by atoms with E-state index in [1.165, 1.54) is 0 Å². The average Bonchev–Trinajstić information content (AvgIpc) is 2.82. The van der Waals surface area contributed by atoms with Gasteiger partial charge in [-0.1, -0.05) is 11.6 Å². The molecule has 1 amide bonds. The molecule has 1 aromatic heterocycles. The van der Waals surface area contributed by atoms with Gasteiger partial charge in [0.2, 0.25) is 12.3 Å². The van der Waals surface area contributed by atoms with Gasteiger partial charge >= 0.3 is 5.97 Å². The Morgan fingerprint density at radius 2 is 1.88 bits per heavy atom. The zero-order valence-corrected chi connectivity index (χ0v) is 14.9. The molecule has 0 aliphatic rings. The third-order valence-corrected chi connectivity index (χ3v) is 4.15. The highest BCUT2D eigenvalue weighted by atomic mass is 35.5. The van der Waals surface area contributed by atoms with Crippen LogP contribution in [-0.2, 0) is 16.0 Å². The minimum Gasteiger partial charge on any atom is -0.480 e. The maximum atomic E-state index is 12.4. The number of benzene rings is 1. The molecule has 0 saturated heterocycles. The number of aromatic nitrogens is 2. The van der Waals surface area contributed by atoms with E-state index in [0.717, 1.165) is 5.69 Å². The van der Waals surface area contributed by atoms with Crippen molar-refractivity contribution in [2.45, 2.75) is 39.2 Å². The molecule has 9 heteroatoms. The Balaban J connectivity index is 2.18. The number of aliphatic carboxylic acids is 1. The number of hydrogen-bond donors (Lipinski definition) is 2. The number of nitrogens with one attached hydrogen (secondary N) is 1. The molecule has 1 aromatic carbocycles. The van der Waals surface area contributed by atoms with Gasteiger partial charge in [-0.3, -0.25) is 4.79 Å². The summed E-state index contributed by atoms with van der Waals surface area (Å²) < 4.78 is 26.5. The fraction of sp³-hybridized carbons (Fsp3) is 0.353. The predicted octanol–water partition coefficient (Wildman–Crippen LogP) is 2.91. The van der Waals surface area contributed by atoms with Crippen LogP contribution in [0, 0.1) is 13.8 Å². The van der Waals surface area contributed by atoms with Gasteiger partial charge in [-0.25, -0.2) is 18.3 Å². The Labute approximate surface area is 153 Å². The number of amides is 1. The topological polar surface area (TPSA) is 84.2 Å². The van der Waals surface area contributed by atoms with E-state index in [9.17, 15) is 18.4 Å². The summed E-state index contributed by atoms with van der Waals surface area (Å²) in [6, 6.07) is 5.33. The van der Waals surface area contributed by atoms with Crippen molar-refractivity contribution in [3.8, 4) is 5.69 Å². The molecule has 26 heavy (non-hydrogen) atoms. The number of rotatable bonds is 7. The van der Waals surface area contributed by atoms with E-state index in [2.05, 4.69) is 10.4 Å². The van der Waals surface area contributed by atoms with Crippen LogP contribution in [0.2, 0.25) is 5.02 Å². The molecule has 2 aromatic rings. The molecule has 1 unspecified atom stereocenters. The number of aryl methyl sites for hydroxylation is 1. The molecule has 0 aliphatic carbocycles. The Kier molecular flexibility index (Phi) is 6.31. The predicted molar refractivity (Wildman–Crippen MR) is 91.9 cm³/mol. The molecule has 1 heterocycles. The van der Waals surface area contributed by atoms with E-state index in [4.69, 9.17) is 16.7 Å². The minimum atomic E-state index is -2.83. The number of carbonyl (C=O) groups is 2. The van der Waals surface area contributed by atoms with E-state index >= 15 is 0 Å². The van der Waals surface area contributed by atoms with Gasteiger partial charge in [0, 0.05) is 22.7 Å². The summed E-state index contributed by atoms with van der Waals surface area (Å²) in [5.74, 6) is -2.15. The lowest BCUT2D eigenvalue weighted by Gasteiger charge is -2.14. The van der Waals surface area contributed by atoms with Gasteiger partial charge in [-0.2, -0.15) is 5.10 Å². The summed E-state index contributed by atoms with van der Waals surface area (Å²) in [4.78, 5) is 23.1. The molecule has 0 bridgehead atoms. The molecule has 2 N–H and O–H groups in total. The number of carbonyl (C=O) groups excluding carboxylic acids is 1.